The van der Waals surface area contributed by atoms with E-state index in [4.69, 9.17) is 0 Å². The Labute approximate surface area is 165 Å². The predicted octanol–water partition coefficient (Wildman–Crippen LogP) is 2.95. The summed E-state index contributed by atoms with van der Waals surface area (Å²) in [5, 5.41) is 6.31. The third kappa shape index (κ3) is 6.20. The van der Waals surface area contributed by atoms with Gasteiger partial charge in [0.2, 0.25) is 11.8 Å². The van der Waals surface area contributed by atoms with Crippen LogP contribution in [0.3, 0.4) is 0 Å². The molecule has 1 heterocycles. The Morgan fingerprint density at radius 1 is 1.00 bits per heavy atom. The number of fused-ring (bicyclic) bond motifs is 2. The third-order valence-corrected chi connectivity index (χ3v) is 6.77. The average molecular weight is 378 g/mol. The van der Waals surface area contributed by atoms with Gasteiger partial charge in [0.25, 0.3) is 0 Å². The van der Waals surface area contributed by atoms with Crippen molar-refractivity contribution < 1.29 is 9.59 Å². The van der Waals surface area contributed by atoms with Gasteiger partial charge in [-0.1, -0.05) is 12.8 Å². The summed E-state index contributed by atoms with van der Waals surface area (Å²) in [6.07, 6.45) is 9.73. The molecule has 27 heavy (non-hydrogen) atoms. The van der Waals surface area contributed by atoms with Crippen LogP contribution in [0, 0.1) is 23.7 Å². The molecule has 3 unspecified atom stereocenters. The molecule has 3 aliphatic rings. The molecule has 2 amide bonds. The number of hydrogen-bond donors (Lipinski definition) is 2. The first-order valence-corrected chi connectivity index (χ1v) is 11.1. The Hall–Kier alpha value is -1.10. The Balaban J connectivity index is 1.34. The van der Waals surface area contributed by atoms with Crippen molar-refractivity contribution in [3.8, 4) is 0 Å². The summed E-state index contributed by atoms with van der Waals surface area (Å²) in [5.41, 5.74) is -0.169. The zero-order valence-corrected chi connectivity index (χ0v) is 17.6. The topological polar surface area (TPSA) is 61.4 Å². The predicted molar refractivity (Wildman–Crippen MR) is 108 cm³/mol. The second-order valence-electron chi connectivity index (χ2n) is 10.2. The van der Waals surface area contributed by atoms with Crippen LogP contribution < -0.4 is 10.6 Å². The highest BCUT2D eigenvalue weighted by Crippen LogP contribution is 2.43. The molecule has 2 N–H and O–H groups in total. The minimum absolute atomic E-state index is 0.109. The lowest BCUT2D eigenvalue weighted by atomic mass is 9.66. The number of rotatable bonds is 5. The van der Waals surface area contributed by atoms with Crippen LogP contribution in [0.15, 0.2) is 0 Å². The first-order valence-electron chi connectivity index (χ1n) is 11.1. The first-order chi connectivity index (χ1) is 12.8. The van der Waals surface area contributed by atoms with Gasteiger partial charge in [0.05, 0.1) is 6.54 Å². The highest BCUT2D eigenvalue weighted by molar-refractivity contribution is 5.79. The summed E-state index contributed by atoms with van der Waals surface area (Å²) in [4.78, 5) is 27.0. The molecule has 0 aromatic heterocycles. The zero-order chi connectivity index (χ0) is 19.4. The van der Waals surface area contributed by atoms with Gasteiger partial charge < -0.3 is 10.6 Å². The molecule has 3 fully saturated rings. The maximum absolute atomic E-state index is 12.7. The second-order valence-corrected chi connectivity index (χ2v) is 10.2. The molecule has 2 saturated carbocycles. The molecule has 0 aromatic carbocycles. The van der Waals surface area contributed by atoms with Crippen molar-refractivity contribution in [2.75, 3.05) is 26.2 Å². The van der Waals surface area contributed by atoms with Gasteiger partial charge in [0.1, 0.15) is 0 Å². The van der Waals surface area contributed by atoms with Crippen molar-refractivity contribution in [2.45, 2.75) is 77.7 Å². The maximum atomic E-state index is 12.7. The van der Waals surface area contributed by atoms with Gasteiger partial charge in [0.15, 0.2) is 0 Å². The van der Waals surface area contributed by atoms with Gasteiger partial charge >= 0.3 is 0 Å². The highest BCUT2D eigenvalue weighted by Gasteiger charge is 2.37. The van der Waals surface area contributed by atoms with Gasteiger partial charge in [-0.05, 0) is 90.1 Å². The van der Waals surface area contributed by atoms with Crippen molar-refractivity contribution in [3.05, 3.63) is 0 Å². The second kappa shape index (κ2) is 8.93. The molecule has 1 aliphatic heterocycles. The van der Waals surface area contributed by atoms with E-state index in [1.165, 1.54) is 32.1 Å². The lowest BCUT2D eigenvalue weighted by Crippen LogP contribution is -2.48. The van der Waals surface area contributed by atoms with E-state index in [0.29, 0.717) is 24.3 Å². The number of carbonyl (C=O) groups excluding carboxylic acids is 2. The molecule has 154 valence electrons. The fourth-order valence-electron chi connectivity index (χ4n) is 5.34. The summed E-state index contributed by atoms with van der Waals surface area (Å²) in [6, 6.07) is 0. The van der Waals surface area contributed by atoms with Gasteiger partial charge in [0, 0.05) is 18.0 Å². The zero-order valence-electron chi connectivity index (χ0n) is 17.6. The SMILES string of the molecule is CC(C)(C)NC(=O)CN1CCC(CNC(=O)C2CCC3CCCC2C3)CC1. The van der Waals surface area contributed by atoms with Crippen LogP contribution >= 0.6 is 0 Å². The number of likely N-dealkylation sites (tertiary alicyclic amines) is 1. The number of amides is 2. The molecule has 1 saturated heterocycles. The molecule has 5 nitrogen and oxygen atoms in total. The number of carbonyl (C=O) groups is 2. The van der Waals surface area contributed by atoms with Crippen LogP contribution in [0.2, 0.25) is 0 Å². The number of nitrogens with one attached hydrogen (secondary N) is 2. The largest absolute Gasteiger partial charge is 0.356 e. The summed E-state index contributed by atoms with van der Waals surface area (Å²) >= 11 is 0. The average Bonchev–Trinajstić information content (AvgIpc) is 2.59. The maximum Gasteiger partial charge on any atom is 0.234 e. The Bertz CT molecular complexity index is 520. The van der Waals surface area contributed by atoms with Crippen LogP contribution in [0.25, 0.3) is 0 Å². The van der Waals surface area contributed by atoms with Crippen molar-refractivity contribution >= 4 is 11.8 Å². The van der Waals surface area contributed by atoms with E-state index in [-0.39, 0.29) is 17.4 Å². The van der Waals surface area contributed by atoms with E-state index in [0.717, 1.165) is 44.8 Å². The van der Waals surface area contributed by atoms with Crippen molar-refractivity contribution in [2.24, 2.45) is 23.7 Å². The van der Waals surface area contributed by atoms with Gasteiger partial charge in [-0.2, -0.15) is 0 Å². The molecule has 0 spiro atoms. The van der Waals surface area contributed by atoms with E-state index >= 15 is 0 Å². The molecular weight excluding hydrogens is 338 g/mol. The fraction of sp³-hybridized carbons (Fsp3) is 0.909. The molecular formula is C22H39N3O2. The fourth-order valence-corrected chi connectivity index (χ4v) is 5.34. The quantitative estimate of drug-likeness (QED) is 0.774. The minimum atomic E-state index is -0.169. The number of piperidine rings is 1. The van der Waals surface area contributed by atoms with Crippen LogP contribution in [0.1, 0.15) is 72.1 Å². The molecule has 0 radical (unpaired) electrons. The number of nitrogens with zero attached hydrogens (tertiary/aromatic N) is 1. The third-order valence-electron chi connectivity index (χ3n) is 6.77. The van der Waals surface area contributed by atoms with Crippen molar-refractivity contribution in [3.63, 3.8) is 0 Å². The van der Waals surface area contributed by atoms with Crippen molar-refractivity contribution in [1.29, 1.82) is 0 Å². The molecule has 0 aromatic rings. The number of hydrogen-bond acceptors (Lipinski definition) is 3. The van der Waals surface area contributed by atoms with Crippen LogP contribution in [0.4, 0.5) is 0 Å². The van der Waals surface area contributed by atoms with E-state index in [9.17, 15) is 9.59 Å². The van der Waals surface area contributed by atoms with Gasteiger partial charge in [-0.15, -0.1) is 0 Å². The molecule has 2 aliphatic carbocycles. The molecule has 5 heteroatoms. The van der Waals surface area contributed by atoms with Gasteiger partial charge in [-0.25, -0.2) is 0 Å². The summed E-state index contributed by atoms with van der Waals surface area (Å²) in [6.45, 7) is 9.24. The molecule has 2 bridgehead atoms. The Morgan fingerprint density at radius 3 is 2.44 bits per heavy atom. The van der Waals surface area contributed by atoms with Crippen molar-refractivity contribution in [1.82, 2.24) is 15.5 Å². The van der Waals surface area contributed by atoms with Crippen LogP contribution in [-0.4, -0.2) is 48.4 Å². The monoisotopic (exact) mass is 377 g/mol. The summed E-state index contributed by atoms with van der Waals surface area (Å²) < 4.78 is 0. The molecule has 3 rings (SSSR count). The summed E-state index contributed by atoms with van der Waals surface area (Å²) in [7, 11) is 0. The smallest absolute Gasteiger partial charge is 0.234 e. The lowest BCUT2D eigenvalue weighted by Gasteiger charge is -2.39. The Kier molecular flexibility index (Phi) is 6.83. The molecule has 3 atom stereocenters. The van der Waals surface area contributed by atoms with E-state index in [2.05, 4.69) is 15.5 Å². The standard InChI is InChI=1S/C22H39N3O2/c1-22(2,3)24-20(26)15-25-11-9-17(10-12-25)14-23-21(27)19-8-7-16-5-4-6-18(19)13-16/h16-19H,4-15H2,1-3H3,(H,23,27)(H,24,26). The Morgan fingerprint density at radius 2 is 1.74 bits per heavy atom. The van der Waals surface area contributed by atoms with Crippen LogP contribution in [0.5, 0.6) is 0 Å². The summed E-state index contributed by atoms with van der Waals surface area (Å²) in [5.74, 6) is 2.78. The lowest BCUT2D eigenvalue weighted by molar-refractivity contribution is -0.129. The van der Waals surface area contributed by atoms with E-state index in [1.54, 1.807) is 0 Å². The highest BCUT2D eigenvalue weighted by atomic mass is 16.2. The van der Waals surface area contributed by atoms with E-state index < -0.39 is 0 Å². The minimum Gasteiger partial charge on any atom is -0.356 e. The normalized spacial score (nSPS) is 30.0. The van der Waals surface area contributed by atoms with Crippen LogP contribution in [-0.2, 0) is 9.59 Å². The van der Waals surface area contributed by atoms with Gasteiger partial charge in [-0.3, -0.25) is 14.5 Å². The first kappa shape index (κ1) is 20.6. The van der Waals surface area contributed by atoms with E-state index in [1.807, 2.05) is 20.8 Å².